The van der Waals surface area contributed by atoms with E-state index in [1.165, 1.54) is 13.3 Å². The number of hydrogen-bond acceptors (Lipinski definition) is 4. The van der Waals surface area contributed by atoms with Crippen LogP contribution in [-0.4, -0.2) is 15.4 Å². The number of nitrogens with zero attached hydrogens (tertiary/aromatic N) is 2. The number of nitrogens with one attached hydrogen (secondary N) is 1. The highest BCUT2D eigenvalue weighted by Gasteiger charge is 2.31. The lowest BCUT2D eigenvalue weighted by molar-refractivity contribution is -0.137. The quantitative estimate of drug-likeness (QED) is 0.474. The lowest BCUT2D eigenvalue weighted by Gasteiger charge is -2.15. The fraction of sp³-hybridized carbons (Fsp3) is 0.300. The summed E-state index contributed by atoms with van der Waals surface area (Å²) in [7, 11) is 0. The summed E-state index contributed by atoms with van der Waals surface area (Å²) in [5, 5.41) is 0.360. The van der Waals surface area contributed by atoms with Crippen LogP contribution in [0.5, 0.6) is 0 Å². The Morgan fingerprint density at radius 2 is 1.90 bits per heavy atom. The summed E-state index contributed by atoms with van der Waals surface area (Å²) in [5.74, 6) is 0.801. The SMILES string of the molecule is CC.CCSc1ccc(Cl)cc1Nn1cnc2c(C)cc(C(F)(F)F)cc2c1=O. The second-order valence-corrected chi connectivity index (χ2v) is 7.53. The van der Waals surface area contributed by atoms with Gasteiger partial charge in [-0.3, -0.25) is 10.2 Å². The summed E-state index contributed by atoms with van der Waals surface area (Å²) in [6.07, 6.45) is -3.29. The lowest BCUT2D eigenvalue weighted by atomic mass is 10.1. The molecule has 3 rings (SSSR count). The number of hydrogen-bond donors (Lipinski definition) is 1. The van der Waals surface area contributed by atoms with Crippen LogP contribution in [-0.2, 0) is 6.18 Å². The monoisotopic (exact) mass is 443 g/mol. The van der Waals surface area contributed by atoms with Crippen molar-refractivity contribution in [2.45, 2.75) is 38.8 Å². The minimum Gasteiger partial charge on any atom is -0.289 e. The van der Waals surface area contributed by atoms with Crippen molar-refractivity contribution in [2.24, 2.45) is 0 Å². The van der Waals surface area contributed by atoms with Crippen LogP contribution < -0.4 is 11.0 Å². The Morgan fingerprint density at radius 3 is 2.52 bits per heavy atom. The Morgan fingerprint density at radius 1 is 1.21 bits per heavy atom. The molecule has 1 heterocycles. The molecule has 156 valence electrons. The van der Waals surface area contributed by atoms with E-state index in [1.54, 1.807) is 23.9 Å². The maximum atomic E-state index is 13.1. The van der Waals surface area contributed by atoms with Crippen LogP contribution in [0.1, 0.15) is 31.9 Å². The highest BCUT2D eigenvalue weighted by atomic mass is 35.5. The van der Waals surface area contributed by atoms with Crippen LogP contribution in [0.25, 0.3) is 10.9 Å². The number of alkyl halides is 3. The van der Waals surface area contributed by atoms with E-state index < -0.39 is 17.3 Å². The van der Waals surface area contributed by atoms with Crippen LogP contribution >= 0.6 is 23.4 Å². The van der Waals surface area contributed by atoms with Gasteiger partial charge < -0.3 is 0 Å². The van der Waals surface area contributed by atoms with E-state index in [9.17, 15) is 18.0 Å². The van der Waals surface area contributed by atoms with Gasteiger partial charge in [0.2, 0.25) is 0 Å². The Balaban J connectivity index is 0.00000145. The summed E-state index contributed by atoms with van der Waals surface area (Å²) in [4.78, 5) is 17.8. The predicted octanol–water partition coefficient (Wildman–Crippen LogP) is 6.39. The van der Waals surface area contributed by atoms with Crippen molar-refractivity contribution in [3.05, 3.63) is 63.2 Å². The molecule has 0 bridgehead atoms. The molecule has 0 aliphatic carbocycles. The fourth-order valence-corrected chi connectivity index (χ4v) is 3.56. The molecule has 0 spiro atoms. The first-order valence-corrected chi connectivity index (χ1v) is 10.4. The highest BCUT2D eigenvalue weighted by Crippen LogP contribution is 2.32. The van der Waals surface area contributed by atoms with Crippen molar-refractivity contribution in [3.63, 3.8) is 0 Å². The minimum atomic E-state index is -4.54. The largest absolute Gasteiger partial charge is 0.416 e. The van der Waals surface area contributed by atoms with E-state index >= 15 is 0 Å². The molecular weight excluding hydrogens is 423 g/mol. The summed E-state index contributed by atoms with van der Waals surface area (Å²) < 4.78 is 40.3. The standard InChI is InChI=1S/C18H15ClF3N3OS.C2H6/c1-3-27-15-5-4-12(19)8-14(15)24-25-9-23-16-10(2)6-11(18(20,21)22)7-13(16)17(25)26;1-2/h4-9,24H,3H2,1-2H3;1-2H3. The first-order chi connectivity index (χ1) is 13.7. The van der Waals surface area contributed by atoms with E-state index in [0.29, 0.717) is 10.7 Å². The van der Waals surface area contributed by atoms with Crippen molar-refractivity contribution in [1.29, 1.82) is 0 Å². The molecule has 1 N–H and O–H groups in total. The van der Waals surface area contributed by atoms with Gasteiger partial charge in [0.05, 0.1) is 22.2 Å². The maximum absolute atomic E-state index is 13.1. The molecule has 4 nitrogen and oxygen atoms in total. The van der Waals surface area contributed by atoms with Gasteiger partial charge in [-0.25, -0.2) is 9.66 Å². The molecule has 0 aliphatic heterocycles. The second-order valence-electron chi connectivity index (χ2n) is 5.79. The predicted molar refractivity (Wildman–Crippen MR) is 114 cm³/mol. The summed E-state index contributed by atoms with van der Waals surface area (Å²) >= 11 is 7.57. The molecule has 0 saturated heterocycles. The molecule has 0 aliphatic rings. The topological polar surface area (TPSA) is 46.9 Å². The second kappa shape index (κ2) is 9.54. The summed E-state index contributed by atoms with van der Waals surface area (Å²) in [6.45, 7) is 7.48. The van der Waals surface area contributed by atoms with E-state index in [0.717, 1.165) is 27.5 Å². The number of fused-ring (bicyclic) bond motifs is 1. The third-order valence-electron chi connectivity index (χ3n) is 3.86. The van der Waals surface area contributed by atoms with Gasteiger partial charge in [-0.05, 0) is 48.6 Å². The molecule has 1 aromatic heterocycles. The normalized spacial score (nSPS) is 11.2. The molecule has 0 radical (unpaired) electrons. The number of benzene rings is 2. The van der Waals surface area contributed by atoms with Crippen LogP contribution in [0, 0.1) is 6.92 Å². The molecule has 0 saturated carbocycles. The molecule has 3 aromatic rings. The molecule has 0 unspecified atom stereocenters. The average molecular weight is 444 g/mol. The molecule has 0 amide bonds. The minimum absolute atomic E-state index is 0.107. The summed E-state index contributed by atoms with van der Waals surface area (Å²) in [5.41, 5.74) is 2.48. The van der Waals surface area contributed by atoms with Gasteiger partial charge in [0.15, 0.2) is 0 Å². The highest BCUT2D eigenvalue weighted by molar-refractivity contribution is 7.99. The Labute approximate surface area is 176 Å². The van der Waals surface area contributed by atoms with Crippen molar-refractivity contribution < 1.29 is 13.2 Å². The smallest absolute Gasteiger partial charge is 0.289 e. The molecule has 0 fully saturated rings. The number of halogens is 4. The molecule has 2 aromatic carbocycles. The number of thioether (sulfide) groups is 1. The lowest BCUT2D eigenvalue weighted by Crippen LogP contribution is -2.27. The first-order valence-electron chi connectivity index (χ1n) is 8.99. The van der Waals surface area contributed by atoms with E-state index in [1.807, 2.05) is 26.8 Å². The Bertz CT molecular complexity index is 1070. The van der Waals surface area contributed by atoms with Gasteiger partial charge in [-0.1, -0.05) is 32.4 Å². The van der Waals surface area contributed by atoms with Gasteiger partial charge in [0, 0.05) is 9.92 Å². The van der Waals surface area contributed by atoms with Gasteiger partial charge >= 0.3 is 6.18 Å². The number of aryl methyl sites for hydroxylation is 1. The zero-order valence-electron chi connectivity index (χ0n) is 16.4. The molecular formula is C20H21ClF3N3OS. The zero-order valence-corrected chi connectivity index (χ0v) is 18.0. The van der Waals surface area contributed by atoms with Gasteiger partial charge in [-0.2, -0.15) is 13.2 Å². The van der Waals surface area contributed by atoms with Crippen LogP contribution in [0.15, 0.2) is 46.3 Å². The summed E-state index contributed by atoms with van der Waals surface area (Å²) in [6, 6.07) is 7.00. The number of anilines is 1. The van der Waals surface area contributed by atoms with Crippen molar-refractivity contribution in [2.75, 3.05) is 11.2 Å². The third-order valence-corrected chi connectivity index (χ3v) is 5.05. The van der Waals surface area contributed by atoms with Crippen LogP contribution in [0.4, 0.5) is 18.9 Å². The van der Waals surface area contributed by atoms with E-state index in [4.69, 9.17) is 11.6 Å². The van der Waals surface area contributed by atoms with E-state index in [-0.39, 0.29) is 16.5 Å². The van der Waals surface area contributed by atoms with Gasteiger partial charge in [0.25, 0.3) is 5.56 Å². The molecule has 0 atom stereocenters. The van der Waals surface area contributed by atoms with Crippen molar-refractivity contribution in [1.82, 2.24) is 9.66 Å². The van der Waals surface area contributed by atoms with Crippen molar-refractivity contribution >= 4 is 40.0 Å². The van der Waals surface area contributed by atoms with E-state index in [2.05, 4.69) is 10.4 Å². The Kier molecular flexibility index (Phi) is 7.60. The number of aromatic nitrogens is 2. The number of rotatable bonds is 4. The maximum Gasteiger partial charge on any atom is 0.416 e. The van der Waals surface area contributed by atoms with Crippen LogP contribution in [0.3, 0.4) is 0 Å². The molecule has 9 heteroatoms. The van der Waals surface area contributed by atoms with Crippen molar-refractivity contribution in [3.8, 4) is 0 Å². The van der Waals surface area contributed by atoms with Crippen LogP contribution in [0.2, 0.25) is 5.02 Å². The first kappa shape index (κ1) is 23.1. The third kappa shape index (κ3) is 5.25. The van der Waals surface area contributed by atoms with Gasteiger partial charge in [-0.15, -0.1) is 11.8 Å². The Hall–Kier alpha value is -2.19. The fourth-order valence-electron chi connectivity index (χ4n) is 2.66. The van der Waals surface area contributed by atoms with Gasteiger partial charge in [0.1, 0.15) is 6.33 Å². The zero-order chi connectivity index (χ0) is 21.8. The average Bonchev–Trinajstić information content (AvgIpc) is 2.67. The molecule has 29 heavy (non-hydrogen) atoms.